The van der Waals surface area contributed by atoms with Gasteiger partial charge in [0.15, 0.2) is 0 Å². The van der Waals surface area contributed by atoms with Gasteiger partial charge in [-0.1, -0.05) is 11.6 Å². The van der Waals surface area contributed by atoms with Crippen LogP contribution >= 0.6 is 27.5 Å². The van der Waals surface area contributed by atoms with Crippen molar-refractivity contribution in [2.24, 2.45) is 0 Å². The zero-order chi connectivity index (χ0) is 21.3. The number of sulfonamides is 1. The predicted molar refractivity (Wildman–Crippen MR) is 107 cm³/mol. The Morgan fingerprint density at radius 2 is 1.90 bits per heavy atom. The minimum Gasteiger partial charge on any atom is -0.391 e. The van der Waals surface area contributed by atoms with Gasteiger partial charge in [0, 0.05) is 11.7 Å². The van der Waals surface area contributed by atoms with Gasteiger partial charge in [-0.3, -0.25) is 4.79 Å². The van der Waals surface area contributed by atoms with Crippen molar-refractivity contribution in [2.75, 3.05) is 5.32 Å². The largest absolute Gasteiger partial charge is 0.391 e. The van der Waals surface area contributed by atoms with E-state index in [0.29, 0.717) is 19.3 Å². The Hall–Kier alpha value is -1.59. The Morgan fingerprint density at radius 3 is 2.52 bits per heavy atom. The average Bonchev–Trinajstić information content (AvgIpc) is 3.02. The molecule has 1 amide bonds. The molecule has 3 N–H and O–H groups in total. The summed E-state index contributed by atoms with van der Waals surface area (Å²) in [7, 11) is -4.35. The number of hydrogen-bond acceptors (Lipinski definition) is 4. The van der Waals surface area contributed by atoms with Gasteiger partial charge in [0.25, 0.3) is 5.91 Å². The first-order valence-electron chi connectivity index (χ1n) is 8.54. The molecule has 6 nitrogen and oxygen atoms in total. The van der Waals surface area contributed by atoms with Gasteiger partial charge in [0.2, 0.25) is 10.0 Å². The molecule has 1 saturated carbocycles. The normalized spacial score (nSPS) is 19.3. The van der Waals surface area contributed by atoms with Gasteiger partial charge in [0.1, 0.15) is 16.5 Å². The molecule has 29 heavy (non-hydrogen) atoms. The summed E-state index contributed by atoms with van der Waals surface area (Å²) in [5, 5.41) is 12.0. The fraction of sp³-hybridized carbons (Fsp3) is 0.278. The lowest BCUT2D eigenvalue weighted by Crippen LogP contribution is -2.40. The summed E-state index contributed by atoms with van der Waals surface area (Å²) in [6, 6.07) is 4.57. The van der Waals surface area contributed by atoms with Gasteiger partial charge in [-0.15, -0.1) is 0 Å². The summed E-state index contributed by atoms with van der Waals surface area (Å²) in [6.07, 6.45) is 0.637. The highest BCUT2D eigenvalue weighted by Gasteiger charge is 2.32. The van der Waals surface area contributed by atoms with Crippen molar-refractivity contribution in [2.45, 2.75) is 36.3 Å². The first kappa shape index (κ1) is 22.1. The summed E-state index contributed by atoms with van der Waals surface area (Å²) in [5.41, 5.74) is -0.0545. The van der Waals surface area contributed by atoms with Crippen molar-refractivity contribution in [1.82, 2.24) is 4.72 Å². The number of halogens is 4. The molecule has 1 aliphatic rings. The molecule has 2 atom stereocenters. The van der Waals surface area contributed by atoms with E-state index in [-0.39, 0.29) is 20.7 Å². The third kappa shape index (κ3) is 4.95. The molecule has 2 unspecified atom stereocenters. The van der Waals surface area contributed by atoms with Crippen LogP contribution in [-0.2, 0) is 10.0 Å². The molecule has 2 aromatic rings. The second-order valence-electron chi connectivity index (χ2n) is 6.57. The third-order valence-corrected chi connectivity index (χ3v) is 6.94. The number of aliphatic hydroxyl groups excluding tert-OH is 1. The van der Waals surface area contributed by atoms with Crippen LogP contribution in [0.15, 0.2) is 39.7 Å². The molecule has 0 spiro atoms. The molecule has 0 heterocycles. The Labute approximate surface area is 179 Å². The highest BCUT2D eigenvalue weighted by Crippen LogP contribution is 2.27. The van der Waals surface area contributed by atoms with Crippen LogP contribution in [0.25, 0.3) is 0 Å². The Kier molecular flexibility index (Phi) is 6.59. The van der Waals surface area contributed by atoms with Crippen LogP contribution < -0.4 is 10.0 Å². The molecule has 1 fully saturated rings. The topological polar surface area (TPSA) is 95.5 Å². The lowest BCUT2D eigenvalue weighted by atomic mass is 10.2. The number of nitrogens with one attached hydrogen (secondary N) is 2. The van der Waals surface area contributed by atoms with Gasteiger partial charge in [-0.25, -0.2) is 21.9 Å². The van der Waals surface area contributed by atoms with Gasteiger partial charge in [-0.2, -0.15) is 0 Å². The molecular formula is C18H16BrClF2N2O4S. The monoisotopic (exact) mass is 508 g/mol. The molecule has 0 radical (unpaired) electrons. The lowest BCUT2D eigenvalue weighted by Gasteiger charge is -2.17. The third-order valence-electron chi connectivity index (χ3n) is 4.52. The smallest absolute Gasteiger partial charge is 0.257 e. The van der Waals surface area contributed by atoms with Gasteiger partial charge in [0.05, 0.1) is 21.2 Å². The standard InChI is InChI=1S/C18H16BrClF2N2O4S/c19-11-6-9(4-5-13(11)21)23-18(26)10-7-17(14(22)8-12(10)20)29(27,28)24-15-2-1-3-16(15)25/h4-8,15-16,24-25H,1-3H2,(H,23,26). The Balaban J connectivity index is 1.90. The summed E-state index contributed by atoms with van der Waals surface area (Å²) in [6.45, 7) is 0. The van der Waals surface area contributed by atoms with E-state index in [4.69, 9.17) is 11.6 Å². The van der Waals surface area contributed by atoms with Gasteiger partial charge in [-0.05, 0) is 65.5 Å². The minimum atomic E-state index is -4.35. The van der Waals surface area contributed by atoms with E-state index in [9.17, 15) is 27.1 Å². The number of carbonyl (C=O) groups excluding carboxylic acids is 1. The van der Waals surface area contributed by atoms with Crippen molar-refractivity contribution in [3.05, 3.63) is 57.0 Å². The summed E-state index contributed by atoms with van der Waals surface area (Å²) in [4.78, 5) is 11.8. The summed E-state index contributed by atoms with van der Waals surface area (Å²) in [5.74, 6) is -2.46. The number of hydrogen-bond donors (Lipinski definition) is 3. The van der Waals surface area contributed by atoms with Crippen LogP contribution in [-0.4, -0.2) is 31.6 Å². The van der Waals surface area contributed by atoms with E-state index < -0.39 is 44.6 Å². The highest BCUT2D eigenvalue weighted by molar-refractivity contribution is 9.10. The van der Waals surface area contributed by atoms with E-state index in [2.05, 4.69) is 26.0 Å². The van der Waals surface area contributed by atoms with Crippen molar-refractivity contribution in [3.63, 3.8) is 0 Å². The molecule has 0 bridgehead atoms. The number of rotatable bonds is 5. The van der Waals surface area contributed by atoms with Crippen LogP contribution in [0.5, 0.6) is 0 Å². The maximum atomic E-state index is 14.3. The van der Waals surface area contributed by atoms with E-state index >= 15 is 0 Å². The van der Waals surface area contributed by atoms with Gasteiger partial charge >= 0.3 is 0 Å². The molecule has 0 aromatic heterocycles. The lowest BCUT2D eigenvalue weighted by molar-refractivity contribution is 0.102. The molecule has 0 saturated heterocycles. The molecule has 2 aromatic carbocycles. The van der Waals surface area contributed by atoms with Crippen LogP contribution in [0.3, 0.4) is 0 Å². The van der Waals surface area contributed by atoms with Crippen molar-refractivity contribution in [3.8, 4) is 0 Å². The fourth-order valence-corrected chi connectivity index (χ4v) is 5.03. The second kappa shape index (κ2) is 8.65. The Bertz CT molecular complexity index is 1070. The van der Waals surface area contributed by atoms with Crippen LogP contribution in [0.1, 0.15) is 29.6 Å². The van der Waals surface area contributed by atoms with Gasteiger partial charge < -0.3 is 10.4 Å². The number of amides is 1. The minimum absolute atomic E-state index is 0.114. The molecule has 11 heteroatoms. The van der Waals surface area contributed by atoms with Crippen LogP contribution in [0.2, 0.25) is 5.02 Å². The summed E-state index contributed by atoms with van der Waals surface area (Å²) < 4.78 is 55.2. The van der Waals surface area contributed by atoms with Crippen molar-refractivity contribution >= 4 is 49.1 Å². The molecule has 3 rings (SSSR count). The molecule has 156 valence electrons. The van der Waals surface area contributed by atoms with E-state index in [1.807, 2.05) is 0 Å². The predicted octanol–water partition coefficient (Wildman–Crippen LogP) is 3.82. The highest BCUT2D eigenvalue weighted by atomic mass is 79.9. The quantitative estimate of drug-likeness (QED) is 0.571. The first-order chi connectivity index (χ1) is 13.6. The van der Waals surface area contributed by atoms with E-state index in [1.54, 1.807) is 0 Å². The average molecular weight is 510 g/mol. The summed E-state index contributed by atoms with van der Waals surface area (Å²) >= 11 is 8.93. The fourth-order valence-electron chi connectivity index (χ4n) is 3.02. The molecular weight excluding hydrogens is 494 g/mol. The van der Waals surface area contributed by atoms with E-state index in [0.717, 1.165) is 18.2 Å². The number of benzene rings is 2. The maximum absolute atomic E-state index is 14.3. The SMILES string of the molecule is O=C(Nc1ccc(F)c(Br)c1)c1cc(S(=O)(=O)NC2CCCC2O)c(F)cc1Cl. The van der Waals surface area contributed by atoms with Crippen molar-refractivity contribution < 1.29 is 27.1 Å². The first-order valence-corrected chi connectivity index (χ1v) is 11.2. The molecule has 1 aliphatic carbocycles. The van der Waals surface area contributed by atoms with Crippen LogP contribution in [0.4, 0.5) is 14.5 Å². The van der Waals surface area contributed by atoms with Crippen molar-refractivity contribution in [1.29, 1.82) is 0 Å². The Morgan fingerprint density at radius 1 is 1.17 bits per heavy atom. The number of carbonyl (C=O) groups is 1. The molecule has 0 aliphatic heterocycles. The zero-order valence-corrected chi connectivity index (χ0v) is 17.9. The zero-order valence-electron chi connectivity index (χ0n) is 14.8. The second-order valence-corrected chi connectivity index (χ2v) is 9.52. The maximum Gasteiger partial charge on any atom is 0.257 e. The van der Waals surface area contributed by atoms with E-state index in [1.165, 1.54) is 12.1 Å². The number of aliphatic hydroxyl groups is 1. The van der Waals surface area contributed by atoms with Crippen LogP contribution in [0, 0.1) is 11.6 Å². The number of anilines is 1.